The van der Waals surface area contributed by atoms with E-state index in [1.807, 2.05) is 36.4 Å². The maximum absolute atomic E-state index is 11.7. The number of amides is 2. The van der Waals surface area contributed by atoms with Gasteiger partial charge in [-0.25, -0.2) is 4.79 Å². The van der Waals surface area contributed by atoms with Crippen LogP contribution in [-0.2, 0) is 6.42 Å². The highest BCUT2D eigenvalue weighted by molar-refractivity contribution is 14.1. The SMILES string of the molecule is Cc1ccccc1CCNC(=O)Nc1ccc(I)cc1. The number of carbonyl (C=O) groups excluding carboxylic acids is 1. The second-order valence-electron chi connectivity index (χ2n) is 4.56. The Morgan fingerprint density at radius 1 is 1.10 bits per heavy atom. The second-order valence-corrected chi connectivity index (χ2v) is 5.81. The molecule has 0 spiro atoms. The van der Waals surface area contributed by atoms with E-state index in [0.717, 1.165) is 15.7 Å². The zero-order valence-electron chi connectivity index (χ0n) is 11.3. The first-order valence-electron chi connectivity index (χ1n) is 6.50. The molecule has 2 rings (SSSR count). The van der Waals surface area contributed by atoms with Gasteiger partial charge in [0, 0.05) is 15.8 Å². The molecule has 0 saturated carbocycles. The van der Waals surface area contributed by atoms with E-state index in [9.17, 15) is 4.79 Å². The highest BCUT2D eigenvalue weighted by atomic mass is 127. The molecule has 0 aliphatic carbocycles. The summed E-state index contributed by atoms with van der Waals surface area (Å²) in [5, 5.41) is 5.69. The fourth-order valence-electron chi connectivity index (χ4n) is 1.91. The molecule has 0 aliphatic rings. The summed E-state index contributed by atoms with van der Waals surface area (Å²) in [6, 6.07) is 15.8. The molecule has 4 heteroatoms. The van der Waals surface area contributed by atoms with Gasteiger partial charge in [0.15, 0.2) is 0 Å². The fraction of sp³-hybridized carbons (Fsp3) is 0.188. The highest BCUT2D eigenvalue weighted by Crippen LogP contribution is 2.11. The van der Waals surface area contributed by atoms with Crippen LogP contribution in [0.25, 0.3) is 0 Å². The van der Waals surface area contributed by atoms with Gasteiger partial charge < -0.3 is 10.6 Å². The summed E-state index contributed by atoms with van der Waals surface area (Å²) in [4.78, 5) is 11.7. The molecule has 0 aliphatic heterocycles. The van der Waals surface area contributed by atoms with Crippen LogP contribution in [0.2, 0.25) is 0 Å². The van der Waals surface area contributed by atoms with Crippen molar-refractivity contribution < 1.29 is 4.79 Å². The molecule has 0 saturated heterocycles. The summed E-state index contributed by atoms with van der Waals surface area (Å²) in [5.74, 6) is 0. The lowest BCUT2D eigenvalue weighted by Gasteiger charge is -2.09. The molecule has 104 valence electrons. The molecule has 0 aromatic heterocycles. The molecular weight excluding hydrogens is 363 g/mol. The average molecular weight is 380 g/mol. The van der Waals surface area contributed by atoms with Gasteiger partial charge in [0.25, 0.3) is 0 Å². The number of halogens is 1. The van der Waals surface area contributed by atoms with Crippen molar-refractivity contribution in [1.29, 1.82) is 0 Å². The Morgan fingerprint density at radius 3 is 2.50 bits per heavy atom. The van der Waals surface area contributed by atoms with Crippen LogP contribution in [0.15, 0.2) is 48.5 Å². The molecule has 2 amide bonds. The third-order valence-electron chi connectivity index (χ3n) is 3.04. The van der Waals surface area contributed by atoms with Gasteiger partial charge in [-0.1, -0.05) is 24.3 Å². The van der Waals surface area contributed by atoms with Crippen LogP contribution in [0.4, 0.5) is 10.5 Å². The predicted molar refractivity (Wildman–Crippen MR) is 91.1 cm³/mol. The second kappa shape index (κ2) is 7.28. The molecule has 0 atom stereocenters. The van der Waals surface area contributed by atoms with E-state index in [4.69, 9.17) is 0 Å². The van der Waals surface area contributed by atoms with E-state index in [1.54, 1.807) is 0 Å². The molecule has 2 N–H and O–H groups in total. The molecule has 0 heterocycles. The van der Waals surface area contributed by atoms with Crippen LogP contribution in [-0.4, -0.2) is 12.6 Å². The van der Waals surface area contributed by atoms with Crippen LogP contribution < -0.4 is 10.6 Å². The van der Waals surface area contributed by atoms with Crippen molar-refractivity contribution in [2.75, 3.05) is 11.9 Å². The zero-order valence-corrected chi connectivity index (χ0v) is 13.5. The topological polar surface area (TPSA) is 41.1 Å². The van der Waals surface area contributed by atoms with Gasteiger partial charge in [0.2, 0.25) is 0 Å². The lowest BCUT2D eigenvalue weighted by Crippen LogP contribution is -2.30. The Hall–Kier alpha value is -1.56. The molecule has 3 nitrogen and oxygen atoms in total. The first-order valence-corrected chi connectivity index (χ1v) is 7.58. The Labute approximate surface area is 132 Å². The third kappa shape index (κ3) is 4.52. The van der Waals surface area contributed by atoms with Gasteiger partial charge >= 0.3 is 6.03 Å². The monoisotopic (exact) mass is 380 g/mol. The minimum absolute atomic E-state index is 0.167. The van der Waals surface area contributed by atoms with E-state index < -0.39 is 0 Å². The summed E-state index contributed by atoms with van der Waals surface area (Å²) < 4.78 is 1.15. The molecule has 0 unspecified atom stereocenters. The standard InChI is InChI=1S/C16H17IN2O/c1-12-4-2-3-5-13(12)10-11-18-16(20)19-15-8-6-14(17)7-9-15/h2-9H,10-11H2,1H3,(H2,18,19,20). The van der Waals surface area contributed by atoms with Gasteiger partial charge in [-0.3, -0.25) is 0 Å². The Bertz CT molecular complexity index is 581. The van der Waals surface area contributed by atoms with Gasteiger partial charge in [-0.05, 0) is 71.3 Å². The van der Waals surface area contributed by atoms with E-state index in [0.29, 0.717) is 6.54 Å². The summed E-state index contributed by atoms with van der Waals surface area (Å²) in [7, 11) is 0. The van der Waals surface area contributed by atoms with Crippen LogP contribution in [0, 0.1) is 10.5 Å². The number of hydrogen-bond acceptors (Lipinski definition) is 1. The van der Waals surface area contributed by atoms with E-state index >= 15 is 0 Å². The molecule has 2 aromatic rings. The maximum Gasteiger partial charge on any atom is 0.319 e. The van der Waals surface area contributed by atoms with Gasteiger partial charge in [0.05, 0.1) is 0 Å². The molecule has 2 aromatic carbocycles. The average Bonchev–Trinajstić information content (AvgIpc) is 2.43. The molecule has 20 heavy (non-hydrogen) atoms. The first kappa shape index (κ1) is 14.8. The normalized spacial score (nSPS) is 10.1. The number of aryl methyl sites for hydroxylation is 1. The minimum Gasteiger partial charge on any atom is -0.338 e. The van der Waals surface area contributed by atoms with Crippen molar-refractivity contribution in [3.8, 4) is 0 Å². The highest BCUT2D eigenvalue weighted by Gasteiger charge is 2.02. The van der Waals surface area contributed by atoms with Crippen LogP contribution in [0.3, 0.4) is 0 Å². The number of anilines is 1. The zero-order chi connectivity index (χ0) is 14.4. The molecule has 0 fully saturated rings. The first-order chi connectivity index (χ1) is 9.65. The van der Waals surface area contributed by atoms with E-state index in [1.165, 1.54) is 11.1 Å². The van der Waals surface area contributed by atoms with Crippen molar-refractivity contribution in [2.45, 2.75) is 13.3 Å². The lowest BCUT2D eigenvalue weighted by molar-refractivity contribution is 0.252. The van der Waals surface area contributed by atoms with Gasteiger partial charge in [0.1, 0.15) is 0 Å². The third-order valence-corrected chi connectivity index (χ3v) is 3.76. The lowest BCUT2D eigenvalue weighted by atomic mass is 10.1. The van der Waals surface area contributed by atoms with E-state index in [-0.39, 0.29) is 6.03 Å². The Morgan fingerprint density at radius 2 is 1.80 bits per heavy atom. The number of nitrogens with one attached hydrogen (secondary N) is 2. The van der Waals surface area contributed by atoms with Crippen molar-refractivity contribution in [3.05, 3.63) is 63.2 Å². The Balaban J connectivity index is 1.78. The van der Waals surface area contributed by atoms with Crippen LogP contribution in [0.5, 0.6) is 0 Å². The smallest absolute Gasteiger partial charge is 0.319 e. The summed E-state index contributed by atoms with van der Waals surface area (Å²) >= 11 is 2.23. The number of hydrogen-bond donors (Lipinski definition) is 2. The predicted octanol–water partition coefficient (Wildman–Crippen LogP) is 3.96. The summed E-state index contributed by atoms with van der Waals surface area (Å²) in [6.45, 7) is 2.71. The van der Waals surface area contributed by atoms with Gasteiger partial charge in [-0.15, -0.1) is 0 Å². The largest absolute Gasteiger partial charge is 0.338 e. The maximum atomic E-state index is 11.7. The van der Waals surface area contributed by atoms with Crippen LogP contribution >= 0.6 is 22.6 Å². The minimum atomic E-state index is -0.167. The Kier molecular flexibility index (Phi) is 5.40. The molecule has 0 bridgehead atoms. The number of benzene rings is 2. The number of carbonyl (C=O) groups is 1. The summed E-state index contributed by atoms with van der Waals surface area (Å²) in [5.41, 5.74) is 3.33. The molecule has 0 radical (unpaired) electrons. The quantitative estimate of drug-likeness (QED) is 0.775. The van der Waals surface area contributed by atoms with Crippen molar-refractivity contribution in [2.24, 2.45) is 0 Å². The van der Waals surface area contributed by atoms with Crippen molar-refractivity contribution >= 4 is 34.3 Å². The van der Waals surface area contributed by atoms with Crippen molar-refractivity contribution in [3.63, 3.8) is 0 Å². The molecular formula is C16H17IN2O. The van der Waals surface area contributed by atoms with Crippen molar-refractivity contribution in [1.82, 2.24) is 5.32 Å². The number of rotatable bonds is 4. The van der Waals surface area contributed by atoms with E-state index in [2.05, 4.69) is 52.3 Å². The number of urea groups is 1. The van der Waals surface area contributed by atoms with Gasteiger partial charge in [-0.2, -0.15) is 0 Å². The fourth-order valence-corrected chi connectivity index (χ4v) is 2.27. The van der Waals surface area contributed by atoms with Crippen LogP contribution in [0.1, 0.15) is 11.1 Å². The summed E-state index contributed by atoms with van der Waals surface area (Å²) in [6.07, 6.45) is 0.840.